The first-order chi connectivity index (χ1) is 14.1. The third kappa shape index (κ3) is 7.17. The standard InChI is InChI=1S/C19H21ClN6O2S.ClH/c20-15-7-8-17(28-13-18(21)27)14(11-15)12-22-9-4-10-29-19-23-24-25-26(19)16-5-2-1-3-6-16;/h1-3,5-8,11,22H,4,9-10,12-13H2,(H2,21,27);1H. The molecular weight excluding hydrogens is 447 g/mol. The number of primary amides is 1. The number of carbonyl (C=O) groups excluding carboxylic acids is 1. The van der Waals surface area contributed by atoms with Gasteiger partial charge >= 0.3 is 0 Å². The number of hydrogen-bond donors (Lipinski definition) is 2. The molecule has 1 aromatic heterocycles. The summed E-state index contributed by atoms with van der Waals surface area (Å²) < 4.78 is 7.16. The Morgan fingerprint density at radius 3 is 2.80 bits per heavy atom. The molecular formula is C19H22Cl2N6O2S. The fourth-order valence-electron chi connectivity index (χ4n) is 2.56. The van der Waals surface area contributed by atoms with Gasteiger partial charge in [-0.05, 0) is 53.7 Å². The number of tetrazole rings is 1. The highest BCUT2D eigenvalue weighted by molar-refractivity contribution is 7.99. The molecule has 0 saturated carbocycles. The van der Waals surface area contributed by atoms with E-state index in [2.05, 4.69) is 20.8 Å². The molecule has 0 aliphatic heterocycles. The van der Waals surface area contributed by atoms with E-state index in [-0.39, 0.29) is 19.0 Å². The number of nitrogens with two attached hydrogens (primary N) is 1. The zero-order valence-electron chi connectivity index (χ0n) is 16.0. The molecule has 1 heterocycles. The van der Waals surface area contributed by atoms with Crippen LogP contribution in [0.5, 0.6) is 5.75 Å². The minimum Gasteiger partial charge on any atom is -0.483 e. The van der Waals surface area contributed by atoms with E-state index >= 15 is 0 Å². The normalized spacial score (nSPS) is 10.4. The van der Waals surface area contributed by atoms with Crippen LogP contribution < -0.4 is 15.8 Å². The zero-order chi connectivity index (χ0) is 20.5. The van der Waals surface area contributed by atoms with Gasteiger partial charge < -0.3 is 15.8 Å². The van der Waals surface area contributed by atoms with Crippen molar-refractivity contribution in [3.05, 3.63) is 59.1 Å². The number of amides is 1. The summed E-state index contributed by atoms with van der Waals surface area (Å²) in [5.74, 6) is 0.937. The van der Waals surface area contributed by atoms with E-state index < -0.39 is 5.91 Å². The van der Waals surface area contributed by atoms with Crippen LogP contribution >= 0.6 is 35.8 Å². The third-order valence-corrected chi connectivity index (χ3v) is 5.12. The van der Waals surface area contributed by atoms with E-state index in [1.807, 2.05) is 36.4 Å². The smallest absolute Gasteiger partial charge is 0.255 e. The molecule has 3 rings (SSSR count). The van der Waals surface area contributed by atoms with Gasteiger partial charge in [0.25, 0.3) is 5.91 Å². The zero-order valence-corrected chi connectivity index (χ0v) is 18.4. The molecule has 3 aromatic rings. The fourth-order valence-corrected chi connectivity index (χ4v) is 3.58. The Kier molecular flexibility index (Phi) is 9.88. The highest BCUT2D eigenvalue weighted by Gasteiger charge is 2.09. The summed E-state index contributed by atoms with van der Waals surface area (Å²) in [4.78, 5) is 10.9. The highest BCUT2D eigenvalue weighted by Crippen LogP contribution is 2.23. The summed E-state index contributed by atoms with van der Waals surface area (Å²) in [7, 11) is 0. The Hall–Kier alpha value is -2.33. The quantitative estimate of drug-likeness (QED) is 0.328. The second-order valence-electron chi connectivity index (χ2n) is 6.09. The van der Waals surface area contributed by atoms with Crippen molar-refractivity contribution >= 4 is 41.7 Å². The molecule has 2 aromatic carbocycles. The molecule has 0 spiro atoms. The summed E-state index contributed by atoms with van der Waals surface area (Å²) >= 11 is 7.67. The lowest BCUT2D eigenvalue weighted by Crippen LogP contribution is -2.21. The number of nitrogens with zero attached hydrogens (tertiary/aromatic N) is 4. The molecule has 0 atom stereocenters. The van der Waals surface area contributed by atoms with Crippen LogP contribution in [-0.4, -0.2) is 45.0 Å². The minimum atomic E-state index is -0.520. The fraction of sp³-hybridized carbons (Fsp3) is 0.263. The molecule has 3 N–H and O–H groups in total. The number of rotatable bonds is 11. The molecule has 8 nitrogen and oxygen atoms in total. The van der Waals surface area contributed by atoms with Crippen molar-refractivity contribution in [3.63, 3.8) is 0 Å². The van der Waals surface area contributed by atoms with E-state index in [9.17, 15) is 4.79 Å². The third-order valence-electron chi connectivity index (χ3n) is 3.88. The number of para-hydroxylation sites is 1. The monoisotopic (exact) mass is 468 g/mol. The minimum absolute atomic E-state index is 0. The van der Waals surface area contributed by atoms with Gasteiger partial charge in [-0.25, -0.2) is 0 Å². The molecule has 0 bridgehead atoms. The largest absolute Gasteiger partial charge is 0.483 e. The van der Waals surface area contributed by atoms with Gasteiger partial charge in [0.05, 0.1) is 5.69 Å². The predicted octanol–water partition coefficient (Wildman–Crippen LogP) is 2.87. The number of hydrogen-bond acceptors (Lipinski definition) is 7. The number of thioether (sulfide) groups is 1. The van der Waals surface area contributed by atoms with Crippen molar-refractivity contribution in [3.8, 4) is 11.4 Å². The Bertz CT molecular complexity index is 942. The second kappa shape index (κ2) is 12.4. The average Bonchev–Trinajstić information content (AvgIpc) is 3.19. The van der Waals surface area contributed by atoms with Crippen molar-refractivity contribution in [2.24, 2.45) is 5.73 Å². The predicted molar refractivity (Wildman–Crippen MR) is 120 cm³/mol. The lowest BCUT2D eigenvalue weighted by molar-refractivity contribution is -0.119. The highest BCUT2D eigenvalue weighted by atomic mass is 35.5. The SMILES string of the molecule is Cl.NC(=O)COc1ccc(Cl)cc1CNCCCSc1nnnn1-c1ccccc1. The number of ether oxygens (including phenoxy) is 1. The Labute approximate surface area is 189 Å². The topological polar surface area (TPSA) is 108 Å². The van der Waals surface area contributed by atoms with Gasteiger partial charge in [-0.3, -0.25) is 4.79 Å². The van der Waals surface area contributed by atoms with E-state index in [0.717, 1.165) is 35.1 Å². The number of carbonyl (C=O) groups is 1. The van der Waals surface area contributed by atoms with Crippen LogP contribution in [0.2, 0.25) is 5.02 Å². The van der Waals surface area contributed by atoms with E-state index in [1.165, 1.54) is 0 Å². The molecule has 0 unspecified atom stereocenters. The van der Waals surface area contributed by atoms with Crippen LogP contribution in [0.15, 0.2) is 53.7 Å². The number of halogens is 2. The first kappa shape index (κ1) is 23.9. The Morgan fingerprint density at radius 1 is 1.23 bits per heavy atom. The van der Waals surface area contributed by atoms with Crippen molar-refractivity contribution in [1.29, 1.82) is 0 Å². The Morgan fingerprint density at radius 2 is 2.03 bits per heavy atom. The molecule has 0 aliphatic carbocycles. The summed E-state index contributed by atoms with van der Waals surface area (Å²) in [6, 6.07) is 15.1. The summed E-state index contributed by atoms with van der Waals surface area (Å²) in [6.45, 7) is 1.20. The number of aromatic nitrogens is 4. The lowest BCUT2D eigenvalue weighted by Gasteiger charge is -2.12. The van der Waals surface area contributed by atoms with Crippen LogP contribution in [0.3, 0.4) is 0 Å². The van der Waals surface area contributed by atoms with Gasteiger partial charge in [-0.1, -0.05) is 41.6 Å². The molecule has 11 heteroatoms. The molecule has 0 aliphatic rings. The van der Waals surface area contributed by atoms with Crippen LogP contribution in [0.25, 0.3) is 5.69 Å². The van der Waals surface area contributed by atoms with Gasteiger partial charge in [-0.15, -0.1) is 17.5 Å². The van der Waals surface area contributed by atoms with Crippen LogP contribution in [-0.2, 0) is 11.3 Å². The average molecular weight is 469 g/mol. The van der Waals surface area contributed by atoms with Crippen molar-refractivity contribution in [2.45, 2.75) is 18.1 Å². The maximum Gasteiger partial charge on any atom is 0.255 e. The van der Waals surface area contributed by atoms with Crippen LogP contribution in [0.1, 0.15) is 12.0 Å². The lowest BCUT2D eigenvalue weighted by atomic mass is 10.2. The molecule has 160 valence electrons. The second-order valence-corrected chi connectivity index (χ2v) is 7.59. The maximum atomic E-state index is 10.9. The van der Waals surface area contributed by atoms with Crippen molar-refractivity contribution in [1.82, 2.24) is 25.5 Å². The van der Waals surface area contributed by atoms with E-state index in [1.54, 1.807) is 28.6 Å². The number of benzene rings is 2. The molecule has 30 heavy (non-hydrogen) atoms. The first-order valence-electron chi connectivity index (χ1n) is 9.00. The molecule has 0 saturated heterocycles. The first-order valence-corrected chi connectivity index (χ1v) is 10.4. The number of nitrogens with one attached hydrogen (secondary N) is 1. The van der Waals surface area contributed by atoms with Gasteiger partial charge in [0.1, 0.15) is 5.75 Å². The van der Waals surface area contributed by atoms with Gasteiger partial charge in [-0.2, -0.15) is 4.68 Å². The summed E-state index contributed by atoms with van der Waals surface area (Å²) in [5.41, 5.74) is 6.95. The Balaban J connectivity index is 0.00000320. The maximum absolute atomic E-state index is 10.9. The van der Waals surface area contributed by atoms with E-state index in [4.69, 9.17) is 22.1 Å². The van der Waals surface area contributed by atoms with Crippen LogP contribution in [0, 0.1) is 0 Å². The van der Waals surface area contributed by atoms with Gasteiger partial charge in [0, 0.05) is 22.9 Å². The molecule has 0 fully saturated rings. The molecule has 0 radical (unpaired) electrons. The van der Waals surface area contributed by atoms with E-state index in [0.29, 0.717) is 17.3 Å². The van der Waals surface area contributed by atoms with Crippen LogP contribution in [0.4, 0.5) is 0 Å². The van der Waals surface area contributed by atoms with Gasteiger partial charge in [0.15, 0.2) is 6.61 Å². The van der Waals surface area contributed by atoms with Gasteiger partial charge in [0.2, 0.25) is 5.16 Å². The van der Waals surface area contributed by atoms with Crippen molar-refractivity contribution in [2.75, 3.05) is 18.9 Å². The molecule has 1 amide bonds. The summed E-state index contributed by atoms with van der Waals surface area (Å²) in [6.07, 6.45) is 0.921. The van der Waals surface area contributed by atoms with Crippen molar-refractivity contribution < 1.29 is 9.53 Å². The summed E-state index contributed by atoms with van der Waals surface area (Å²) in [5, 5.41) is 16.6.